The molecule has 4 aromatic rings. The molecule has 8 nitrogen and oxygen atoms in total. The van der Waals surface area contributed by atoms with E-state index in [0.717, 1.165) is 11.1 Å². The number of nitrogens with one attached hydrogen (secondary N) is 1. The summed E-state index contributed by atoms with van der Waals surface area (Å²) < 4.78 is 11.1. The number of hydrogen-bond donors (Lipinski definition) is 1. The monoisotopic (exact) mass is 390 g/mol. The lowest BCUT2D eigenvalue weighted by Crippen LogP contribution is -2.16. The molecular formula is C21H18N4O4. The van der Waals surface area contributed by atoms with Gasteiger partial charge in [-0.15, -0.1) is 10.2 Å². The first-order valence-corrected chi connectivity index (χ1v) is 9.07. The maximum Gasteiger partial charge on any atom is 0.312 e. The van der Waals surface area contributed by atoms with Crippen molar-refractivity contribution in [3.05, 3.63) is 76.0 Å². The van der Waals surface area contributed by atoms with Crippen LogP contribution in [0.1, 0.15) is 30.2 Å². The second-order valence-corrected chi connectivity index (χ2v) is 6.67. The van der Waals surface area contributed by atoms with E-state index in [1.807, 2.05) is 31.2 Å². The van der Waals surface area contributed by atoms with E-state index in [9.17, 15) is 9.59 Å². The molecule has 1 unspecified atom stereocenters. The van der Waals surface area contributed by atoms with Crippen LogP contribution in [0, 0.1) is 6.92 Å². The van der Waals surface area contributed by atoms with Gasteiger partial charge in [0.2, 0.25) is 5.89 Å². The van der Waals surface area contributed by atoms with Crippen LogP contribution >= 0.6 is 0 Å². The Labute approximate surface area is 165 Å². The number of carbonyl (C=O) groups is 1. The van der Waals surface area contributed by atoms with Crippen molar-refractivity contribution in [2.75, 3.05) is 0 Å². The zero-order valence-corrected chi connectivity index (χ0v) is 15.9. The number of fused-ring (bicyclic) bond motifs is 1. The van der Waals surface area contributed by atoms with E-state index in [4.69, 9.17) is 9.15 Å². The van der Waals surface area contributed by atoms with Crippen molar-refractivity contribution in [2.45, 2.75) is 26.4 Å². The molecule has 2 aromatic carbocycles. The summed E-state index contributed by atoms with van der Waals surface area (Å²) >= 11 is 0. The molecule has 0 aliphatic heterocycles. The molecule has 0 saturated carbocycles. The summed E-state index contributed by atoms with van der Waals surface area (Å²) in [6.45, 7) is 3.65. The Morgan fingerprint density at radius 3 is 2.59 bits per heavy atom. The lowest BCUT2D eigenvalue weighted by Gasteiger charge is -2.10. The number of aromatic amines is 1. The molecule has 8 heteroatoms. The highest BCUT2D eigenvalue weighted by Crippen LogP contribution is 2.23. The maximum absolute atomic E-state index is 12.4. The van der Waals surface area contributed by atoms with Crippen LogP contribution < -0.4 is 5.56 Å². The second-order valence-electron chi connectivity index (χ2n) is 6.67. The van der Waals surface area contributed by atoms with Gasteiger partial charge in [0.05, 0.1) is 17.5 Å². The van der Waals surface area contributed by atoms with Gasteiger partial charge in [0.25, 0.3) is 11.4 Å². The van der Waals surface area contributed by atoms with Crippen LogP contribution in [0.5, 0.6) is 0 Å². The number of esters is 1. The molecular weight excluding hydrogens is 372 g/mol. The lowest BCUT2D eigenvalue weighted by molar-refractivity contribution is -0.148. The average Bonchev–Trinajstić information content (AvgIpc) is 3.21. The molecule has 0 radical (unpaired) electrons. The summed E-state index contributed by atoms with van der Waals surface area (Å²) in [6, 6.07) is 14.6. The Morgan fingerprint density at radius 1 is 1.10 bits per heavy atom. The summed E-state index contributed by atoms with van der Waals surface area (Å²) in [5, 5.41) is 15.5. The van der Waals surface area contributed by atoms with E-state index in [1.54, 1.807) is 31.2 Å². The third-order valence-electron chi connectivity index (χ3n) is 4.48. The zero-order chi connectivity index (χ0) is 20.4. The van der Waals surface area contributed by atoms with Crippen LogP contribution in [0.15, 0.2) is 57.7 Å². The molecule has 146 valence electrons. The molecule has 0 amide bonds. The number of nitrogens with zero attached hydrogens (tertiary/aromatic N) is 3. The van der Waals surface area contributed by atoms with Crippen molar-refractivity contribution in [2.24, 2.45) is 0 Å². The quantitative estimate of drug-likeness (QED) is 0.521. The van der Waals surface area contributed by atoms with Crippen LogP contribution in [0.2, 0.25) is 0 Å². The number of rotatable bonds is 5. The molecule has 1 N–H and O–H groups in total. The number of aromatic nitrogens is 4. The highest BCUT2D eigenvalue weighted by Gasteiger charge is 2.20. The molecule has 2 heterocycles. The largest absolute Gasteiger partial charge is 0.452 e. The van der Waals surface area contributed by atoms with Gasteiger partial charge in [0, 0.05) is 10.9 Å². The van der Waals surface area contributed by atoms with E-state index >= 15 is 0 Å². The molecule has 1 atom stereocenters. The summed E-state index contributed by atoms with van der Waals surface area (Å²) in [5.41, 5.74) is 2.04. The normalized spacial score (nSPS) is 12.1. The van der Waals surface area contributed by atoms with Gasteiger partial charge in [-0.25, -0.2) is 5.10 Å². The Balaban J connectivity index is 1.47. The minimum atomic E-state index is -0.719. The third kappa shape index (κ3) is 3.91. The Morgan fingerprint density at radius 2 is 1.83 bits per heavy atom. The summed E-state index contributed by atoms with van der Waals surface area (Å²) in [4.78, 5) is 24.3. The fourth-order valence-electron chi connectivity index (χ4n) is 2.94. The minimum Gasteiger partial charge on any atom is -0.452 e. The number of ether oxygens (including phenoxy) is 1. The average molecular weight is 390 g/mol. The van der Waals surface area contributed by atoms with E-state index in [-0.39, 0.29) is 17.9 Å². The Bertz CT molecular complexity index is 1230. The number of carbonyl (C=O) groups excluding carboxylic acids is 1. The molecule has 0 aliphatic carbocycles. The van der Waals surface area contributed by atoms with Gasteiger partial charge < -0.3 is 9.15 Å². The first-order valence-electron chi connectivity index (χ1n) is 9.07. The van der Waals surface area contributed by atoms with E-state index in [1.165, 1.54) is 0 Å². The van der Waals surface area contributed by atoms with Crippen molar-refractivity contribution < 1.29 is 13.9 Å². The molecule has 4 rings (SSSR count). The molecule has 0 bridgehead atoms. The van der Waals surface area contributed by atoms with Crippen LogP contribution in [0.3, 0.4) is 0 Å². The highest BCUT2D eigenvalue weighted by molar-refractivity contribution is 5.86. The van der Waals surface area contributed by atoms with E-state index in [0.29, 0.717) is 22.4 Å². The van der Waals surface area contributed by atoms with Crippen molar-refractivity contribution in [1.29, 1.82) is 0 Å². The van der Waals surface area contributed by atoms with Crippen LogP contribution in [-0.4, -0.2) is 26.4 Å². The van der Waals surface area contributed by atoms with Crippen LogP contribution in [-0.2, 0) is 16.0 Å². The molecule has 0 fully saturated rings. The Kier molecular flexibility index (Phi) is 4.90. The lowest BCUT2D eigenvalue weighted by atomic mass is 10.1. The summed E-state index contributed by atoms with van der Waals surface area (Å²) in [7, 11) is 0. The van der Waals surface area contributed by atoms with E-state index < -0.39 is 12.1 Å². The number of benzene rings is 2. The molecule has 0 saturated heterocycles. The predicted molar refractivity (Wildman–Crippen MR) is 105 cm³/mol. The third-order valence-corrected chi connectivity index (χ3v) is 4.48. The zero-order valence-electron chi connectivity index (χ0n) is 15.9. The SMILES string of the molecule is Cc1ccc(-c2nnc(C(C)OC(=O)Cc3n[nH]c(=O)c4ccccc34)o2)cc1. The number of aryl methyl sites for hydroxylation is 1. The van der Waals surface area contributed by atoms with Gasteiger partial charge >= 0.3 is 5.97 Å². The first kappa shape index (κ1) is 18.5. The van der Waals surface area contributed by atoms with Gasteiger partial charge in [0.1, 0.15) is 0 Å². The number of hydrogen-bond acceptors (Lipinski definition) is 7. The van der Waals surface area contributed by atoms with Gasteiger partial charge in [-0.2, -0.15) is 5.10 Å². The standard InChI is InChI=1S/C21H18N4O4/c1-12-7-9-14(10-8-12)21-25-24-20(29-21)13(2)28-18(26)11-17-15-5-3-4-6-16(15)19(27)23-22-17/h3-10,13H,11H2,1-2H3,(H,23,27). The highest BCUT2D eigenvalue weighted by atomic mass is 16.6. The fourth-order valence-corrected chi connectivity index (χ4v) is 2.94. The van der Waals surface area contributed by atoms with Crippen molar-refractivity contribution in [3.63, 3.8) is 0 Å². The van der Waals surface area contributed by atoms with Crippen molar-refractivity contribution in [1.82, 2.24) is 20.4 Å². The van der Waals surface area contributed by atoms with Crippen molar-refractivity contribution in [3.8, 4) is 11.5 Å². The summed E-state index contributed by atoms with van der Waals surface area (Å²) in [6.07, 6.45) is -0.816. The fraction of sp³-hybridized carbons (Fsp3) is 0.190. The van der Waals surface area contributed by atoms with Gasteiger partial charge in [-0.3, -0.25) is 9.59 Å². The van der Waals surface area contributed by atoms with Gasteiger partial charge in [-0.05, 0) is 32.0 Å². The Hall–Kier alpha value is -3.81. The maximum atomic E-state index is 12.4. The second kappa shape index (κ2) is 7.67. The number of H-pyrrole nitrogens is 1. The van der Waals surface area contributed by atoms with Crippen molar-refractivity contribution >= 4 is 16.7 Å². The molecule has 2 aromatic heterocycles. The van der Waals surface area contributed by atoms with E-state index in [2.05, 4.69) is 20.4 Å². The summed E-state index contributed by atoms with van der Waals surface area (Å²) in [5.74, 6) is 0.0432. The topological polar surface area (TPSA) is 111 Å². The minimum absolute atomic E-state index is 0.0966. The van der Waals surface area contributed by atoms with Gasteiger partial charge in [-0.1, -0.05) is 35.9 Å². The first-order chi connectivity index (χ1) is 14.0. The smallest absolute Gasteiger partial charge is 0.312 e. The van der Waals surface area contributed by atoms with Crippen LogP contribution in [0.25, 0.3) is 22.2 Å². The van der Waals surface area contributed by atoms with Crippen LogP contribution in [0.4, 0.5) is 0 Å². The molecule has 0 aliphatic rings. The predicted octanol–water partition coefficient (Wildman–Crippen LogP) is 3.13. The molecule has 29 heavy (non-hydrogen) atoms. The molecule has 0 spiro atoms. The van der Waals surface area contributed by atoms with Gasteiger partial charge in [0.15, 0.2) is 6.10 Å².